The Morgan fingerprint density at radius 3 is 2.94 bits per heavy atom. The Morgan fingerprint density at radius 2 is 2.24 bits per heavy atom. The summed E-state index contributed by atoms with van der Waals surface area (Å²) in [6, 6.07) is 3.78. The first-order valence-electron chi connectivity index (χ1n) is 6.04. The molecule has 1 fully saturated rings. The molecule has 1 aromatic rings. The Bertz CT molecular complexity index is 408. The Balaban J connectivity index is 2.14. The third kappa shape index (κ3) is 2.72. The van der Waals surface area contributed by atoms with Gasteiger partial charge in [-0.2, -0.15) is 0 Å². The molecule has 17 heavy (non-hydrogen) atoms. The molecule has 1 aliphatic rings. The van der Waals surface area contributed by atoms with Crippen LogP contribution in [0.2, 0.25) is 0 Å². The van der Waals surface area contributed by atoms with Crippen LogP contribution in [0, 0.1) is 16.0 Å². The fourth-order valence-corrected chi connectivity index (χ4v) is 2.39. The number of hydrogen-bond acceptors (Lipinski definition) is 4. The van der Waals surface area contributed by atoms with Crippen molar-refractivity contribution in [3.05, 3.63) is 28.4 Å². The zero-order valence-corrected chi connectivity index (χ0v) is 9.93. The predicted octanol–water partition coefficient (Wildman–Crippen LogP) is 2.98. The van der Waals surface area contributed by atoms with Crippen LogP contribution in [0.15, 0.2) is 18.3 Å². The summed E-state index contributed by atoms with van der Waals surface area (Å²) in [4.78, 5) is 14.2. The van der Waals surface area contributed by atoms with Crippen molar-refractivity contribution in [1.82, 2.24) is 4.98 Å². The van der Waals surface area contributed by atoms with Crippen molar-refractivity contribution in [2.75, 3.05) is 5.32 Å². The average molecular weight is 235 g/mol. The molecule has 2 atom stereocenters. The molecule has 1 aromatic heterocycles. The second-order valence-electron chi connectivity index (χ2n) is 4.64. The van der Waals surface area contributed by atoms with Gasteiger partial charge in [-0.3, -0.25) is 0 Å². The Labute approximate surface area is 100 Å². The van der Waals surface area contributed by atoms with Crippen LogP contribution in [0.5, 0.6) is 0 Å². The molecule has 5 heteroatoms. The molecule has 1 N–H and O–H groups in total. The second-order valence-corrected chi connectivity index (χ2v) is 4.64. The minimum absolute atomic E-state index is 0.0785. The highest BCUT2D eigenvalue weighted by Gasteiger charge is 2.24. The van der Waals surface area contributed by atoms with E-state index in [0.717, 1.165) is 6.42 Å². The van der Waals surface area contributed by atoms with Gasteiger partial charge >= 0.3 is 5.82 Å². The number of anilines is 1. The van der Waals surface area contributed by atoms with E-state index < -0.39 is 4.92 Å². The molecule has 0 bridgehead atoms. The lowest BCUT2D eigenvalue weighted by atomic mass is 9.86. The first kappa shape index (κ1) is 11.8. The normalized spacial score (nSPS) is 24.3. The van der Waals surface area contributed by atoms with Gasteiger partial charge in [0.15, 0.2) is 0 Å². The first-order chi connectivity index (χ1) is 8.18. The van der Waals surface area contributed by atoms with E-state index in [4.69, 9.17) is 0 Å². The lowest BCUT2D eigenvalue weighted by molar-refractivity contribution is -0.388. The highest BCUT2D eigenvalue weighted by atomic mass is 16.6. The summed E-state index contributed by atoms with van der Waals surface area (Å²) >= 11 is 0. The minimum atomic E-state index is -0.435. The van der Waals surface area contributed by atoms with Crippen molar-refractivity contribution in [3.63, 3.8) is 0 Å². The van der Waals surface area contributed by atoms with Gasteiger partial charge in [-0.25, -0.2) is 0 Å². The smallest absolute Gasteiger partial charge is 0.375 e. The van der Waals surface area contributed by atoms with E-state index in [-0.39, 0.29) is 5.82 Å². The van der Waals surface area contributed by atoms with E-state index >= 15 is 0 Å². The van der Waals surface area contributed by atoms with Crippen molar-refractivity contribution in [1.29, 1.82) is 0 Å². The molecule has 2 rings (SSSR count). The molecule has 0 aromatic carbocycles. The monoisotopic (exact) mass is 235 g/mol. The second kappa shape index (κ2) is 5.12. The summed E-state index contributed by atoms with van der Waals surface area (Å²) in [6.45, 7) is 2.19. The lowest BCUT2D eigenvalue weighted by Crippen LogP contribution is -2.30. The van der Waals surface area contributed by atoms with Crippen molar-refractivity contribution >= 4 is 11.5 Å². The summed E-state index contributed by atoms with van der Waals surface area (Å²) in [5.41, 5.74) is 0.538. The van der Waals surface area contributed by atoms with Crippen LogP contribution in [0.25, 0.3) is 0 Å². The van der Waals surface area contributed by atoms with Gasteiger partial charge in [0.1, 0.15) is 11.9 Å². The summed E-state index contributed by atoms with van der Waals surface area (Å²) in [5, 5.41) is 14.1. The van der Waals surface area contributed by atoms with E-state index in [1.807, 2.05) is 0 Å². The maximum Gasteiger partial charge on any atom is 0.386 e. The number of nitrogens with one attached hydrogen (secondary N) is 1. The van der Waals surface area contributed by atoms with E-state index in [9.17, 15) is 10.1 Å². The molecule has 1 saturated carbocycles. The molecule has 0 saturated heterocycles. The maximum atomic E-state index is 10.8. The van der Waals surface area contributed by atoms with Gasteiger partial charge in [-0.1, -0.05) is 19.8 Å². The Morgan fingerprint density at radius 1 is 1.47 bits per heavy atom. The average Bonchev–Trinajstić information content (AvgIpc) is 2.32. The molecular formula is C12H17N3O2. The van der Waals surface area contributed by atoms with Crippen molar-refractivity contribution in [3.8, 4) is 0 Å². The highest BCUT2D eigenvalue weighted by Crippen LogP contribution is 2.29. The molecule has 5 nitrogen and oxygen atoms in total. The van der Waals surface area contributed by atoms with Crippen LogP contribution in [0.1, 0.15) is 32.6 Å². The molecule has 0 aliphatic heterocycles. The van der Waals surface area contributed by atoms with Crippen LogP contribution in [-0.2, 0) is 0 Å². The van der Waals surface area contributed by atoms with Crippen LogP contribution >= 0.6 is 0 Å². The van der Waals surface area contributed by atoms with Crippen molar-refractivity contribution < 1.29 is 4.92 Å². The zero-order chi connectivity index (χ0) is 12.3. The molecule has 0 radical (unpaired) electrons. The third-order valence-electron chi connectivity index (χ3n) is 3.41. The third-order valence-corrected chi connectivity index (χ3v) is 3.41. The maximum absolute atomic E-state index is 10.8. The SMILES string of the molecule is CC1CCCCC1Nc1cccnc1[N+](=O)[O-]. The zero-order valence-electron chi connectivity index (χ0n) is 9.93. The van der Waals surface area contributed by atoms with Crippen molar-refractivity contribution in [2.45, 2.75) is 38.6 Å². The topological polar surface area (TPSA) is 68.1 Å². The van der Waals surface area contributed by atoms with Crippen LogP contribution in [-0.4, -0.2) is 15.9 Å². The molecule has 0 spiro atoms. The van der Waals surface area contributed by atoms with E-state index in [1.165, 1.54) is 25.5 Å². The van der Waals surface area contributed by atoms with Gasteiger partial charge in [0.05, 0.1) is 0 Å². The summed E-state index contributed by atoms with van der Waals surface area (Å²) in [7, 11) is 0. The molecule has 92 valence electrons. The molecule has 0 amide bonds. The predicted molar refractivity (Wildman–Crippen MR) is 65.9 cm³/mol. The minimum Gasteiger partial charge on any atom is -0.375 e. The van der Waals surface area contributed by atoms with Crippen molar-refractivity contribution in [2.24, 2.45) is 5.92 Å². The van der Waals surface area contributed by atoms with Gasteiger partial charge < -0.3 is 15.4 Å². The largest absolute Gasteiger partial charge is 0.386 e. The van der Waals surface area contributed by atoms with Crippen LogP contribution < -0.4 is 5.32 Å². The fourth-order valence-electron chi connectivity index (χ4n) is 2.39. The number of rotatable bonds is 3. The number of hydrogen-bond donors (Lipinski definition) is 1. The van der Waals surface area contributed by atoms with E-state index in [0.29, 0.717) is 17.6 Å². The van der Waals surface area contributed by atoms with Gasteiger partial charge in [0.25, 0.3) is 0 Å². The number of pyridine rings is 1. The molecular weight excluding hydrogens is 218 g/mol. The van der Waals surface area contributed by atoms with Gasteiger partial charge in [-0.15, -0.1) is 0 Å². The Kier molecular flexibility index (Phi) is 3.56. The lowest BCUT2D eigenvalue weighted by Gasteiger charge is -2.29. The first-order valence-corrected chi connectivity index (χ1v) is 6.04. The standard InChI is InChI=1S/C12H17N3O2/c1-9-5-2-3-6-10(9)14-11-7-4-8-13-12(11)15(16)17/h4,7-10,14H,2-3,5-6H2,1H3. The number of nitrogens with zero attached hydrogens (tertiary/aromatic N) is 2. The fraction of sp³-hybridized carbons (Fsp3) is 0.583. The summed E-state index contributed by atoms with van der Waals surface area (Å²) in [6.07, 6.45) is 6.16. The highest BCUT2D eigenvalue weighted by molar-refractivity contribution is 5.57. The molecule has 1 heterocycles. The van der Waals surface area contributed by atoms with Gasteiger partial charge in [0, 0.05) is 6.04 Å². The number of aromatic nitrogens is 1. The quantitative estimate of drug-likeness (QED) is 0.646. The van der Waals surface area contributed by atoms with E-state index in [1.54, 1.807) is 12.1 Å². The Hall–Kier alpha value is -1.65. The molecule has 2 unspecified atom stereocenters. The number of nitro groups is 1. The summed E-state index contributed by atoms with van der Waals surface area (Å²) in [5.74, 6) is 0.480. The van der Waals surface area contributed by atoms with Crippen LogP contribution in [0.3, 0.4) is 0 Å². The van der Waals surface area contributed by atoms with E-state index in [2.05, 4.69) is 17.2 Å². The van der Waals surface area contributed by atoms with Gasteiger partial charge in [-0.05, 0) is 40.8 Å². The molecule has 1 aliphatic carbocycles. The van der Waals surface area contributed by atoms with Gasteiger partial charge in [0.2, 0.25) is 0 Å². The summed E-state index contributed by atoms with van der Waals surface area (Å²) < 4.78 is 0. The van der Waals surface area contributed by atoms with Crippen LogP contribution in [0.4, 0.5) is 11.5 Å².